The van der Waals surface area contributed by atoms with E-state index in [2.05, 4.69) is 0 Å². The number of carbonyl (C=O) groups excluding carboxylic acids is 1. The Morgan fingerprint density at radius 2 is 2.00 bits per heavy atom. The molecule has 7 nitrogen and oxygen atoms in total. The quantitative estimate of drug-likeness (QED) is 0.596. The van der Waals surface area contributed by atoms with Crippen LogP contribution in [0.15, 0.2) is 0 Å². The normalized spacial score (nSPS) is 40.7. The number of aliphatic hydroxyl groups excluding tert-OH is 3. The number of ether oxygens (including phenoxy) is 2. The zero-order chi connectivity index (χ0) is 13.4. The number of hydrogen-bond acceptors (Lipinski definition) is 6. The van der Waals surface area contributed by atoms with Gasteiger partial charge in [-0.2, -0.15) is 0 Å². The summed E-state index contributed by atoms with van der Waals surface area (Å²) < 4.78 is 9.99. The predicted molar refractivity (Wildman–Crippen MR) is 59.6 cm³/mol. The molecule has 0 spiro atoms. The van der Waals surface area contributed by atoms with Crippen LogP contribution in [-0.4, -0.2) is 70.1 Å². The lowest BCUT2D eigenvalue weighted by Gasteiger charge is -2.27. The fourth-order valence-corrected chi connectivity index (χ4v) is 2.30. The number of cyclic esters (lactones) is 1. The highest BCUT2D eigenvalue weighted by Gasteiger charge is 2.45. The van der Waals surface area contributed by atoms with Crippen molar-refractivity contribution in [2.24, 2.45) is 5.92 Å². The minimum Gasteiger partial charge on any atom is -0.447 e. The van der Waals surface area contributed by atoms with E-state index in [0.29, 0.717) is 6.61 Å². The molecule has 0 aromatic rings. The van der Waals surface area contributed by atoms with Gasteiger partial charge in [0.1, 0.15) is 24.9 Å². The Bertz CT molecular complexity index is 323. The van der Waals surface area contributed by atoms with Crippen molar-refractivity contribution < 1.29 is 29.6 Å². The zero-order valence-electron chi connectivity index (χ0n) is 10.4. The van der Waals surface area contributed by atoms with Crippen molar-refractivity contribution in [1.82, 2.24) is 4.90 Å². The molecule has 2 saturated heterocycles. The molecule has 7 heteroatoms. The number of amides is 1. The third kappa shape index (κ3) is 2.31. The number of rotatable bonds is 3. The summed E-state index contributed by atoms with van der Waals surface area (Å²) in [5.41, 5.74) is 0. The largest absolute Gasteiger partial charge is 0.447 e. The van der Waals surface area contributed by atoms with Crippen LogP contribution in [0.4, 0.5) is 4.79 Å². The molecule has 2 fully saturated rings. The molecule has 18 heavy (non-hydrogen) atoms. The third-order valence-corrected chi connectivity index (χ3v) is 3.50. The molecule has 0 aromatic carbocycles. The molecule has 104 valence electrons. The van der Waals surface area contributed by atoms with Crippen LogP contribution in [0.1, 0.15) is 13.8 Å². The van der Waals surface area contributed by atoms with Crippen LogP contribution in [0, 0.1) is 5.92 Å². The van der Waals surface area contributed by atoms with E-state index in [-0.39, 0.29) is 18.5 Å². The van der Waals surface area contributed by atoms with E-state index < -0.39 is 30.7 Å². The van der Waals surface area contributed by atoms with Crippen LogP contribution in [0.25, 0.3) is 0 Å². The summed E-state index contributed by atoms with van der Waals surface area (Å²) in [6, 6.07) is -0.0804. The minimum absolute atomic E-state index is 0.0804. The van der Waals surface area contributed by atoms with Gasteiger partial charge in [0, 0.05) is 0 Å². The SMILES string of the molecule is CC(C)[C@H]1COC(=O)N1C[C@H]1O[C@@H](O)[C@H](O)[C@@H]1O. The van der Waals surface area contributed by atoms with Gasteiger partial charge in [-0.15, -0.1) is 0 Å². The second kappa shape index (κ2) is 5.00. The Kier molecular flexibility index (Phi) is 3.76. The molecular formula is C11H19NO6. The third-order valence-electron chi connectivity index (χ3n) is 3.50. The van der Waals surface area contributed by atoms with E-state index in [1.54, 1.807) is 0 Å². The van der Waals surface area contributed by atoms with Gasteiger partial charge < -0.3 is 24.8 Å². The Morgan fingerprint density at radius 3 is 2.50 bits per heavy atom. The van der Waals surface area contributed by atoms with E-state index in [1.165, 1.54) is 4.90 Å². The van der Waals surface area contributed by atoms with Crippen LogP contribution in [-0.2, 0) is 9.47 Å². The van der Waals surface area contributed by atoms with Crippen molar-refractivity contribution in [2.45, 2.75) is 44.5 Å². The Labute approximate surface area is 105 Å². The number of nitrogens with zero attached hydrogens (tertiary/aromatic N) is 1. The van der Waals surface area contributed by atoms with Crippen LogP contribution >= 0.6 is 0 Å². The summed E-state index contributed by atoms with van der Waals surface area (Å²) >= 11 is 0. The van der Waals surface area contributed by atoms with Crippen molar-refractivity contribution in [3.8, 4) is 0 Å². The summed E-state index contributed by atoms with van der Waals surface area (Å²) in [6.07, 6.45) is -5.23. The highest BCUT2D eigenvalue weighted by atomic mass is 16.6. The van der Waals surface area contributed by atoms with Gasteiger partial charge in [0.05, 0.1) is 12.6 Å². The molecule has 2 aliphatic rings. The van der Waals surface area contributed by atoms with Gasteiger partial charge in [-0.25, -0.2) is 4.79 Å². The fraction of sp³-hybridized carbons (Fsp3) is 0.909. The van der Waals surface area contributed by atoms with Crippen molar-refractivity contribution in [3.05, 3.63) is 0 Å². The first-order chi connectivity index (χ1) is 8.41. The number of aliphatic hydroxyl groups is 3. The summed E-state index contributed by atoms with van der Waals surface area (Å²) in [7, 11) is 0. The van der Waals surface area contributed by atoms with Crippen molar-refractivity contribution in [1.29, 1.82) is 0 Å². The molecule has 0 aromatic heterocycles. The molecule has 1 amide bonds. The van der Waals surface area contributed by atoms with Gasteiger partial charge in [0.25, 0.3) is 0 Å². The van der Waals surface area contributed by atoms with Crippen LogP contribution in [0.2, 0.25) is 0 Å². The predicted octanol–water partition coefficient (Wildman–Crippen LogP) is -1.10. The standard InChI is InChI=1S/C11H19NO6/c1-5(2)6-4-17-11(16)12(6)3-7-8(13)9(14)10(15)18-7/h5-10,13-15H,3-4H2,1-2H3/t6-,7-,8-,9-,10-/m1/s1. The fourth-order valence-electron chi connectivity index (χ4n) is 2.30. The summed E-state index contributed by atoms with van der Waals surface area (Å²) in [5.74, 6) is 0.213. The molecule has 3 N–H and O–H groups in total. The molecule has 0 radical (unpaired) electrons. The van der Waals surface area contributed by atoms with Crippen molar-refractivity contribution >= 4 is 6.09 Å². The molecule has 5 atom stereocenters. The Hall–Kier alpha value is -0.890. The lowest BCUT2D eigenvalue weighted by atomic mass is 10.0. The highest BCUT2D eigenvalue weighted by molar-refractivity contribution is 5.70. The highest BCUT2D eigenvalue weighted by Crippen LogP contribution is 2.25. The second-order valence-electron chi connectivity index (χ2n) is 5.09. The van der Waals surface area contributed by atoms with Crippen molar-refractivity contribution in [3.63, 3.8) is 0 Å². The monoisotopic (exact) mass is 261 g/mol. The lowest BCUT2D eigenvalue weighted by molar-refractivity contribution is -0.129. The molecule has 2 rings (SSSR count). The van der Waals surface area contributed by atoms with Gasteiger partial charge in [-0.3, -0.25) is 4.90 Å². The van der Waals surface area contributed by atoms with Gasteiger partial charge in [0.15, 0.2) is 6.29 Å². The van der Waals surface area contributed by atoms with Crippen molar-refractivity contribution in [2.75, 3.05) is 13.2 Å². The first-order valence-electron chi connectivity index (χ1n) is 6.05. The van der Waals surface area contributed by atoms with Crippen LogP contribution < -0.4 is 0 Å². The Balaban J connectivity index is 2.02. The molecule has 0 saturated carbocycles. The number of carbonyl (C=O) groups is 1. The topological polar surface area (TPSA) is 99.5 Å². The maximum absolute atomic E-state index is 11.6. The van der Waals surface area contributed by atoms with Gasteiger partial charge in [0.2, 0.25) is 0 Å². The average molecular weight is 261 g/mol. The van der Waals surface area contributed by atoms with Gasteiger partial charge >= 0.3 is 6.09 Å². The van der Waals surface area contributed by atoms with E-state index in [0.717, 1.165) is 0 Å². The second-order valence-corrected chi connectivity index (χ2v) is 5.09. The molecule has 0 bridgehead atoms. The Morgan fingerprint density at radius 1 is 1.33 bits per heavy atom. The summed E-state index contributed by atoms with van der Waals surface area (Å²) in [5, 5.41) is 28.4. The summed E-state index contributed by atoms with van der Waals surface area (Å²) in [6.45, 7) is 4.34. The average Bonchev–Trinajstić information content (AvgIpc) is 2.77. The zero-order valence-corrected chi connectivity index (χ0v) is 10.4. The lowest BCUT2D eigenvalue weighted by Crippen LogP contribution is -2.45. The maximum atomic E-state index is 11.6. The molecule has 2 heterocycles. The van der Waals surface area contributed by atoms with Crippen LogP contribution in [0.5, 0.6) is 0 Å². The van der Waals surface area contributed by atoms with E-state index in [4.69, 9.17) is 9.47 Å². The summed E-state index contributed by atoms with van der Waals surface area (Å²) in [4.78, 5) is 13.1. The van der Waals surface area contributed by atoms with Gasteiger partial charge in [-0.1, -0.05) is 13.8 Å². The van der Waals surface area contributed by atoms with Gasteiger partial charge in [-0.05, 0) is 5.92 Å². The smallest absolute Gasteiger partial charge is 0.410 e. The first kappa shape index (κ1) is 13.5. The number of hydrogen-bond donors (Lipinski definition) is 3. The molecular weight excluding hydrogens is 242 g/mol. The van der Waals surface area contributed by atoms with E-state index in [9.17, 15) is 20.1 Å². The maximum Gasteiger partial charge on any atom is 0.410 e. The first-order valence-corrected chi connectivity index (χ1v) is 6.05. The molecule has 0 aliphatic carbocycles. The van der Waals surface area contributed by atoms with E-state index >= 15 is 0 Å². The minimum atomic E-state index is -1.42. The molecule has 2 aliphatic heterocycles. The van der Waals surface area contributed by atoms with Crippen LogP contribution in [0.3, 0.4) is 0 Å². The molecule has 0 unspecified atom stereocenters. The van der Waals surface area contributed by atoms with E-state index in [1.807, 2.05) is 13.8 Å².